The molecule has 5 rings (SSSR count). The van der Waals surface area contributed by atoms with Gasteiger partial charge in [-0.05, 0) is 93.5 Å². The second kappa shape index (κ2) is 17.9. The van der Waals surface area contributed by atoms with Crippen LogP contribution in [0.1, 0.15) is 47.8 Å². The van der Waals surface area contributed by atoms with Crippen LogP contribution < -0.4 is 15.4 Å². The molecular weight excluding hydrogens is 724 g/mol. The van der Waals surface area contributed by atoms with Crippen LogP contribution in [-0.2, 0) is 34.0 Å². The number of fused-ring (bicyclic) bond motifs is 1. The van der Waals surface area contributed by atoms with Crippen molar-refractivity contribution in [2.75, 3.05) is 64.4 Å². The molecule has 2 N–H and O–H groups in total. The average Bonchev–Trinajstić information content (AvgIpc) is 3.45. The van der Waals surface area contributed by atoms with E-state index in [-0.39, 0.29) is 24.0 Å². The zero-order valence-corrected chi connectivity index (χ0v) is 34.1. The fourth-order valence-corrected chi connectivity index (χ4v) is 6.97. The van der Waals surface area contributed by atoms with Crippen molar-refractivity contribution >= 4 is 39.0 Å². The Labute approximate surface area is 325 Å². The van der Waals surface area contributed by atoms with E-state index >= 15 is 4.39 Å². The highest BCUT2D eigenvalue weighted by molar-refractivity contribution is 8.32. The smallest absolute Gasteiger partial charge is 0.408 e. The van der Waals surface area contributed by atoms with Gasteiger partial charge in [0.05, 0.1) is 12.0 Å². The van der Waals surface area contributed by atoms with Crippen LogP contribution in [0.4, 0.5) is 9.18 Å². The molecule has 1 fully saturated rings. The van der Waals surface area contributed by atoms with Crippen LogP contribution in [0.15, 0.2) is 60.9 Å². The molecule has 12 nitrogen and oxygen atoms in total. The second-order valence-corrected chi connectivity index (χ2v) is 20.4. The summed E-state index contributed by atoms with van der Waals surface area (Å²) < 4.78 is 35.2. The van der Waals surface area contributed by atoms with Gasteiger partial charge in [-0.1, -0.05) is 18.2 Å². The number of rotatable bonds is 14. The maximum Gasteiger partial charge on any atom is 0.408 e. The fraction of sp³-hybridized carbons (Fsp3) is 0.463. The Morgan fingerprint density at radius 2 is 1.73 bits per heavy atom. The van der Waals surface area contributed by atoms with Crippen molar-refractivity contribution in [3.05, 3.63) is 89.0 Å². The number of pyridine rings is 1. The Morgan fingerprint density at radius 1 is 0.982 bits per heavy atom. The number of carbonyl (C=O) groups is 3. The number of aromatic nitrogens is 2. The summed E-state index contributed by atoms with van der Waals surface area (Å²) in [7, 11) is 0.934. The lowest BCUT2D eigenvalue weighted by Gasteiger charge is -2.36. The van der Waals surface area contributed by atoms with Gasteiger partial charge in [0.2, 0.25) is 5.91 Å². The molecule has 3 heterocycles. The van der Waals surface area contributed by atoms with Gasteiger partial charge < -0.3 is 34.3 Å². The van der Waals surface area contributed by atoms with Crippen molar-refractivity contribution in [2.24, 2.45) is 0 Å². The van der Waals surface area contributed by atoms with Gasteiger partial charge in [0.15, 0.2) is 11.6 Å². The van der Waals surface area contributed by atoms with Crippen molar-refractivity contribution in [1.29, 1.82) is 0 Å². The topological polar surface area (TPSA) is 127 Å². The zero-order chi connectivity index (χ0) is 39.9. The van der Waals surface area contributed by atoms with Crippen molar-refractivity contribution in [1.82, 2.24) is 30.0 Å². The molecule has 1 aliphatic heterocycles. The minimum Gasteiger partial charge on any atom is -0.453 e. The maximum atomic E-state index is 15.7. The van der Waals surface area contributed by atoms with Gasteiger partial charge >= 0.3 is 6.09 Å². The molecule has 2 aromatic heterocycles. The summed E-state index contributed by atoms with van der Waals surface area (Å²) in [6.07, 6.45) is 9.66. The highest BCUT2D eigenvalue weighted by Crippen LogP contribution is 2.35. The SMILES string of the molecule is CNC(=O)c1cccc(CN2CCN(C(=O)[C@H](Cc3ccc(Oc4ccnc5c4c(C)cn5COCCS(C)(C)C)c(F)c3)NC(=O)OC(C)(C)C)CC2)c1. The van der Waals surface area contributed by atoms with Crippen LogP contribution in [0.25, 0.3) is 11.0 Å². The fourth-order valence-electron chi connectivity index (χ4n) is 6.36. The number of alkyl carbamates (subject to hydrolysis) is 1. The first-order valence-corrected chi connectivity index (χ1v) is 21.5. The van der Waals surface area contributed by atoms with Crippen LogP contribution in [0, 0.1) is 12.7 Å². The molecule has 1 atom stereocenters. The number of amides is 3. The molecule has 0 unspecified atom stereocenters. The summed E-state index contributed by atoms with van der Waals surface area (Å²) in [5, 5.41) is 6.16. The van der Waals surface area contributed by atoms with Gasteiger partial charge in [0.25, 0.3) is 5.91 Å². The third-order valence-corrected chi connectivity index (χ3v) is 10.5. The number of nitrogens with one attached hydrogen (secondary N) is 2. The number of hydrogen-bond acceptors (Lipinski definition) is 8. The van der Waals surface area contributed by atoms with E-state index in [1.165, 1.54) is 12.1 Å². The Morgan fingerprint density at radius 3 is 2.40 bits per heavy atom. The highest BCUT2D eigenvalue weighted by Gasteiger charge is 2.31. The molecule has 2 aromatic carbocycles. The van der Waals surface area contributed by atoms with E-state index in [1.807, 2.05) is 35.9 Å². The molecule has 0 spiro atoms. The minimum absolute atomic E-state index is 0.0211. The third-order valence-electron chi connectivity index (χ3n) is 9.13. The summed E-state index contributed by atoms with van der Waals surface area (Å²) in [4.78, 5) is 47.5. The molecular formula is C41H55FN6O6S. The summed E-state index contributed by atoms with van der Waals surface area (Å²) >= 11 is 0. The van der Waals surface area contributed by atoms with Crippen molar-refractivity contribution in [2.45, 2.75) is 59.0 Å². The lowest BCUT2D eigenvalue weighted by molar-refractivity contribution is -0.135. The van der Waals surface area contributed by atoms with E-state index in [2.05, 4.69) is 39.3 Å². The summed E-state index contributed by atoms with van der Waals surface area (Å²) in [6, 6.07) is 12.8. The van der Waals surface area contributed by atoms with Crippen LogP contribution in [0.3, 0.4) is 0 Å². The van der Waals surface area contributed by atoms with Crippen LogP contribution in [-0.4, -0.2) is 113 Å². The predicted octanol–water partition coefficient (Wildman–Crippen LogP) is 6.08. The molecule has 14 heteroatoms. The molecule has 1 aliphatic rings. The van der Waals surface area contributed by atoms with E-state index in [0.717, 1.165) is 22.3 Å². The quantitative estimate of drug-likeness (QED) is 0.148. The molecule has 0 saturated carbocycles. The zero-order valence-electron chi connectivity index (χ0n) is 33.2. The largest absolute Gasteiger partial charge is 0.453 e. The molecule has 0 bridgehead atoms. The Hall–Kier alpha value is -4.66. The molecule has 298 valence electrons. The second-order valence-electron chi connectivity index (χ2n) is 15.8. The third kappa shape index (κ3) is 11.7. The standard InChI is InChI=1S/C41H55FN6O6S/c1-28-25-48(27-52-20-21-55(6,7)8)37-36(28)35(14-15-44-37)53-34-13-12-29(23-32(34)42)24-33(45-40(51)54-41(2,3)4)39(50)47-18-16-46(17-19-47)26-30-10-9-11-31(22-30)38(49)43-5/h9-15,22-23,25,33H,16-21,24,26-27H2,1-8H3,(H,43,49)(H,45,51)/t33-/m0/s1. The van der Waals surface area contributed by atoms with Crippen molar-refractivity contribution < 1.29 is 33.0 Å². The van der Waals surface area contributed by atoms with E-state index in [9.17, 15) is 14.4 Å². The van der Waals surface area contributed by atoms with E-state index in [4.69, 9.17) is 14.2 Å². The van der Waals surface area contributed by atoms with Crippen molar-refractivity contribution in [3.63, 3.8) is 0 Å². The van der Waals surface area contributed by atoms with Gasteiger partial charge in [-0.25, -0.2) is 24.2 Å². The molecule has 4 aromatic rings. The van der Waals surface area contributed by atoms with Gasteiger partial charge in [-0.15, -0.1) is 0 Å². The van der Waals surface area contributed by atoms with E-state index in [0.29, 0.717) is 68.6 Å². The Bertz CT molecular complexity index is 1980. The van der Waals surface area contributed by atoms with Gasteiger partial charge in [0, 0.05) is 69.9 Å². The lowest BCUT2D eigenvalue weighted by Crippen LogP contribution is -2.55. The monoisotopic (exact) mass is 778 g/mol. The Balaban J connectivity index is 1.26. The number of aryl methyl sites for hydroxylation is 1. The maximum absolute atomic E-state index is 15.7. The summed E-state index contributed by atoms with van der Waals surface area (Å²) in [5.74, 6) is 0.455. The van der Waals surface area contributed by atoms with E-state index < -0.39 is 33.6 Å². The number of nitrogens with zero attached hydrogens (tertiary/aromatic N) is 4. The van der Waals surface area contributed by atoms with Crippen LogP contribution >= 0.6 is 10.0 Å². The number of piperazine rings is 1. The first-order chi connectivity index (χ1) is 26.0. The van der Waals surface area contributed by atoms with Gasteiger partial charge in [-0.3, -0.25) is 14.5 Å². The van der Waals surface area contributed by atoms with Gasteiger partial charge in [-0.2, -0.15) is 0 Å². The first-order valence-electron chi connectivity index (χ1n) is 18.5. The number of carbonyl (C=O) groups excluding carboxylic acids is 3. The molecule has 3 amide bonds. The lowest BCUT2D eigenvalue weighted by atomic mass is 10.0. The number of benzene rings is 2. The highest BCUT2D eigenvalue weighted by atomic mass is 32.3. The van der Waals surface area contributed by atoms with Gasteiger partial charge in [0.1, 0.15) is 29.8 Å². The van der Waals surface area contributed by atoms with Crippen molar-refractivity contribution in [3.8, 4) is 11.5 Å². The minimum atomic E-state index is -0.994. The predicted molar refractivity (Wildman–Crippen MR) is 216 cm³/mol. The molecule has 55 heavy (non-hydrogen) atoms. The van der Waals surface area contributed by atoms with E-state index in [1.54, 1.807) is 57.1 Å². The number of ether oxygens (including phenoxy) is 3. The molecule has 0 aliphatic carbocycles. The van der Waals surface area contributed by atoms with Crippen LogP contribution in [0.5, 0.6) is 11.5 Å². The normalized spacial score (nSPS) is 14.7. The number of halogens is 1. The summed E-state index contributed by atoms with van der Waals surface area (Å²) in [5.41, 5.74) is 2.92. The molecule has 1 saturated heterocycles. The Kier molecular flexibility index (Phi) is 13.5. The molecule has 0 radical (unpaired) electrons. The number of hydrogen-bond donors (Lipinski definition) is 2. The summed E-state index contributed by atoms with van der Waals surface area (Å²) in [6.45, 7) is 10.9. The van der Waals surface area contributed by atoms with Crippen LogP contribution in [0.2, 0.25) is 0 Å². The average molecular weight is 779 g/mol. The first kappa shape index (κ1) is 41.5.